The van der Waals surface area contributed by atoms with E-state index in [-0.39, 0.29) is 37.5 Å². The topological polar surface area (TPSA) is 62.7 Å². The summed E-state index contributed by atoms with van der Waals surface area (Å²) in [7, 11) is 0. The molecule has 1 aromatic heterocycles. The largest absolute Gasteiger partial charge is 0.475 e. The zero-order valence-corrected chi connectivity index (χ0v) is 24.9. The molecule has 0 N–H and O–H groups in total. The zero-order chi connectivity index (χ0) is 32.6. The number of aromatic nitrogens is 1. The number of hydrogen-bond acceptors (Lipinski definition) is 4. The number of carbonyl (C=O) groups excluding carboxylic acids is 2. The van der Waals surface area contributed by atoms with Crippen LogP contribution >= 0.6 is 11.6 Å². The Hall–Kier alpha value is -3.80. The molecule has 2 aliphatic rings. The smallest absolute Gasteiger partial charge is 0.417 e. The van der Waals surface area contributed by atoms with Gasteiger partial charge in [-0.25, -0.2) is 0 Å². The first kappa shape index (κ1) is 32.6. The number of alkyl halides is 6. The minimum Gasteiger partial charge on any atom is -0.475 e. The minimum absolute atomic E-state index is 0.0273. The summed E-state index contributed by atoms with van der Waals surface area (Å²) < 4.78 is 87.8. The molecule has 2 unspecified atom stereocenters. The van der Waals surface area contributed by atoms with E-state index in [4.69, 9.17) is 16.3 Å². The molecule has 240 valence electrons. The van der Waals surface area contributed by atoms with Gasteiger partial charge in [0.1, 0.15) is 5.75 Å². The maximum atomic E-state index is 14.6. The summed E-state index contributed by atoms with van der Waals surface area (Å²) >= 11 is 6.04. The number of pyridine rings is 1. The van der Waals surface area contributed by atoms with Gasteiger partial charge in [-0.1, -0.05) is 30.7 Å². The average molecular weight is 654 g/mol. The first-order chi connectivity index (χ1) is 21.2. The second-order valence-electron chi connectivity index (χ2n) is 11.2. The van der Waals surface area contributed by atoms with Crippen molar-refractivity contribution in [3.8, 4) is 5.75 Å². The number of piperidine rings is 1. The lowest BCUT2D eigenvalue weighted by Crippen LogP contribution is -2.67. The van der Waals surface area contributed by atoms with Gasteiger partial charge in [0.25, 0.3) is 11.8 Å². The maximum absolute atomic E-state index is 14.6. The van der Waals surface area contributed by atoms with Crippen LogP contribution in [0.1, 0.15) is 65.6 Å². The summed E-state index contributed by atoms with van der Waals surface area (Å²) in [6.45, 7) is 2.38. The third kappa shape index (κ3) is 6.61. The van der Waals surface area contributed by atoms with Crippen molar-refractivity contribution >= 4 is 23.4 Å². The maximum Gasteiger partial charge on any atom is 0.417 e. The molecule has 0 radical (unpaired) electrons. The molecule has 0 bridgehead atoms. The van der Waals surface area contributed by atoms with Gasteiger partial charge in [0.2, 0.25) is 5.60 Å². The summed E-state index contributed by atoms with van der Waals surface area (Å²) in [6, 6.07) is 10.8. The van der Waals surface area contributed by atoms with Crippen LogP contribution in [-0.2, 0) is 17.1 Å². The summed E-state index contributed by atoms with van der Waals surface area (Å²) in [4.78, 5) is 34.9. The van der Waals surface area contributed by atoms with Crippen LogP contribution in [-0.4, -0.2) is 57.9 Å². The van der Waals surface area contributed by atoms with Crippen molar-refractivity contribution in [1.82, 2.24) is 14.8 Å². The fraction of sp³-hybridized carbons (Fsp3) is 0.406. The van der Waals surface area contributed by atoms with Crippen LogP contribution in [0.3, 0.4) is 0 Å². The molecule has 3 aromatic rings. The molecule has 13 heteroatoms. The predicted molar refractivity (Wildman–Crippen MR) is 154 cm³/mol. The minimum atomic E-state index is -4.83. The Morgan fingerprint density at radius 2 is 1.67 bits per heavy atom. The van der Waals surface area contributed by atoms with E-state index < -0.39 is 52.5 Å². The van der Waals surface area contributed by atoms with Crippen LogP contribution in [0.2, 0.25) is 5.02 Å². The predicted octanol–water partition coefficient (Wildman–Crippen LogP) is 7.62. The van der Waals surface area contributed by atoms with Gasteiger partial charge in [-0.3, -0.25) is 14.6 Å². The Morgan fingerprint density at radius 3 is 2.29 bits per heavy atom. The number of benzene rings is 2. The first-order valence-electron chi connectivity index (χ1n) is 14.5. The molecule has 2 fully saturated rings. The highest BCUT2D eigenvalue weighted by molar-refractivity contribution is 6.30. The van der Waals surface area contributed by atoms with Crippen molar-refractivity contribution in [2.45, 2.75) is 62.5 Å². The third-order valence-corrected chi connectivity index (χ3v) is 8.78. The fourth-order valence-corrected chi connectivity index (χ4v) is 6.53. The van der Waals surface area contributed by atoms with E-state index in [2.05, 4.69) is 4.98 Å². The molecule has 2 amide bonds. The van der Waals surface area contributed by atoms with Gasteiger partial charge in [-0.2, -0.15) is 26.3 Å². The number of rotatable bonds is 6. The molecular formula is C32H30ClF6N3O3. The molecule has 45 heavy (non-hydrogen) atoms. The van der Waals surface area contributed by atoms with Crippen LogP contribution in [0.5, 0.6) is 5.75 Å². The number of amides is 2. The summed E-state index contributed by atoms with van der Waals surface area (Å²) in [5.41, 5.74) is -3.54. The zero-order valence-electron chi connectivity index (χ0n) is 24.2. The normalized spacial score (nSPS) is 22.4. The standard InChI is InChI=1S/C32H30ClF6N3O3/c1-2-27-30(45-24-10-6-22(7-11-24)31(34,35)36,29(44)41-17-13-21(19-41)20-4-8-23(33)9-5-20)14-3-16-42(27)28(43)25-18-40-15-12-26(25)32(37,38)39/h4-12,15,18,21,27H,2-3,13-14,16-17,19H2,1H3/t21?,27?,30-/m0/s1. The first-order valence-corrected chi connectivity index (χ1v) is 14.9. The Morgan fingerprint density at radius 1 is 0.978 bits per heavy atom. The van der Waals surface area contributed by atoms with E-state index >= 15 is 0 Å². The lowest BCUT2D eigenvalue weighted by molar-refractivity contribution is -0.158. The highest BCUT2D eigenvalue weighted by Crippen LogP contribution is 2.41. The van der Waals surface area contributed by atoms with Crippen LogP contribution in [0.25, 0.3) is 0 Å². The Balaban J connectivity index is 1.53. The molecule has 5 rings (SSSR count). The Bertz CT molecular complexity index is 1530. The van der Waals surface area contributed by atoms with Gasteiger partial charge in [0.05, 0.1) is 22.7 Å². The van der Waals surface area contributed by atoms with E-state index in [1.165, 1.54) is 4.90 Å². The van der Waals surface area contributed by atoms with Crippen molar-refractivity contribution in [2.24, 2.45) is 0 Å². The van der Waals surface area contributed by atoms with E-state index in [0.717, 1.165) is 48.3 Å². The number of nitrogens with zero attached hydrogens (tertiary/aromatic N) is 3. The molecule has 2 aliphatic heterocycles. The van der Waals surface area contributed by atoms with Crippen molar-refractivity contribution in [3.63, 3.8) is 0 Å². The average Bonchev–Trinajstić information content (AvgIpc) is 3.50. The molecule has 6 nitrogen and oxygen atoms in total. The summed E-state index contributed by atoms with van der Waals surface area (Å²) in [5, 5.41) is 0.564. The van der Waals surface area contributed by atoms with Gasteiger partial charge in [-0.15, -0.1) is 0 Å². The van der Waals surface area contributed by atoms with Gasteiger partial charge in [0.15, 0.2) is 0 Å². The Labute approximate surface area is 260 Å². The molecule has 0 saturated carbocycles. The van der Waals surface area contributed by atoms with Crippen LogP contribution in [0, 0.1) is 0 Å². The van der Waals surface area contributed by atoms with Gasteiger partial charge in [-0.05, 0) is 67.3 Å². The third-order valence-electron chi connectivity index (χ3n) is 8.53. The molecule has 2 aromatic carbocycles. The molecule has 3 heterocycles. The van der Waals surface area contributed by atoms with Crippen LogP contribution < -0.4 is 4.74 Å². The second-order valence-corrected chi connectivity index (χ2v) is 11.7. The second kappa shape index (κ2) is 12.5. The highest BCUT2D eigenvalue weighted by Gasteiger charge is 2.56. The molecular weight excluding hydrogens is 624 g/mol. The van der Waals surface area contributed by atoms with Crippen molar-refractivity contribution in [2.75, 3.05) is 19.6 Å². The molecule has 0 aliphatic carbocycles. The molecule has 2 saturated heterocycles. The summed E-state index contributed by atoms with van der Waals surface area (Å²) in [5.74, 6) is -1.50. The molecule has 3 atom stereocenters. The fourth-order valence-electron chi connectivity index (χ4n) is 6.40. The van der Waals surface area contributed by atoms with Crippen molar-refractivity contribution in [1.29, 1.82) is 0 Å². The van der Waals surface area contributed by atoms with E-state index in [1.807, 2.05) is 12.1 Å². The monoisotopic (exact) mass is 653 g/mol. The lowest BCUT2D eigenvalue weighted by Gasteiger charge is -2.49. The van der Waals surface area contributed by atoms with E-state index in [0.29, 0.717) is 24.5 Å². The van der Waals surface area contributed by atoms with Gasteiger partial charge in [0, 0.05) is 49.4 Å². The van der Waals surface area contributed by atoms with E-state index in [1.54, 1.807) is 24.0 Å². The lowest BCUT2D eigenvalue weighted by atomic mass is 9.80. The van der Waals surface area contributed by atoms with Gasteiger partial charge >= 0.3 is 12.4 Å². The Kier molecular flexibility index (Phi) is 9.08. The van der Waals surface area contributed by atoms with Gasteiger partial charge < -0.3 is 14.5 Å². The number of likely N-dealkylation sites (tertiary alicyclic amines) is 2. The van der Waals surface area contributed by atoms with Crippen molar-refractivity contribution in [3.05, 3.63) is 94.3 Å². The number of ether oxygens (including phenoxy) is 1. The SMILES string of the molecule is CCC1N(C(=O)c2cnccc2C(F)(F)F)CCC[C@@]1(Oc1ccc(C(F)(F)F)cc1)C(=O)N1CCC(c2ccc(Cl)cc2)C1. The van der Waals surface area contributed by atoms with Crippen LogP contribution in [0.4, 0.5) is 26.3 Å². The highest BCUT2D eigenvalue weighted by atomic mass is 35.5. The molecule has 0 spiro atoms. The van der Waals surface area contributed by atoms with Crippen molar-refractivity contribution < 1.29 is 40.7 Å². The quantitative estimate of drug-likeness (QED) is 0.257. The number of halogens is 7. The number of hydrogen-bond donors (Lipinski definition) is 0. The summed E-state index contributed by atoms with van der Waals surface area (Å²) in [6.07, 6.45) is -6.61. The van der Waals surface area contributed by atoms with Crippen LogP contribution in [0.15, 0.2) is 67.0 Å². The number of carbonyl (C=O) groups is 2. The van der Waals surface area contributed by atoms with E-state index in [9.17, 15) is 35.9 Å².